The van der Waals surface area contributed by atoms with Gasteiger partial charge in [-0.25, -0.2) is 0 Å². The quantitative estimate of drug-likeness (QED) is 0.755. The van der Waals surface area contributed by atoms with Crippen LogP contribution in [-0.4, -0.2) is 35.6 Å². The van der Waals surface area contributed by atoms with E-state index in [4.69, 9.17) is 0 Å². The van der Waals surface area contributed by atoms with Gasteiger partial charge in [-0.1, -0.05) is 18.2 Å². The molecule has 1 aromatic carbocycles. The van der Waals surface area contributed by atoms with Crippen LogP contribution in [0.5, 0.6) is 0 Å². The normalized spacial score (nSPS) is 19.4. The number of Topliss-reactive ketones (excluding diaryl/α,β-unsaturated/α-hetero) is 2. The molecular weight excluding hydrogens is 274 g/mol. The van der Waals surface area contributed by atoms with Crippen LogP contribution in [0.2, 0.25) is 0 Å². The number of likely N-dealkylation sites (tertiary alicyclic amines) is 1. The van der Waals surface area contributed by atoms with Crippen LogP contribution in [-0.2, 0) is 11.2 Å². The number of carbonyl (C=O) groups excluding carboxylic acids is 2. The summed E-state index contributed by atoms with van der Waals surface area (Å²) in [4.78, 5) is 26.2. The van der Waals surface area contributed by atoms with Crippen LogP contribution in [0.3, 0.4) is 0 Å². The summed E-state index contributed by atoms with van der Waals surface area (Å²) in [5.74, 6) is 0.797. The molecule has 1 saturated heterocycles. The lowest BCUT2D eigenvalue weighted by molar-refractivity contribution is -0.116. The van der Waals surface area contributed by atoms with Gasteiger partial charge in [0, 0.05) is 31.0 Å². The maximum Gasteiger partial charge on any atom is 0.163 e. The third kappa shape index (κ3) is 4.77. The van der Waals surface area contributed by atoms with Crippen molar-refractivity contribution in [2.75, 3.05) is 13.1 Å². The second kappa shape index (κ2) is 7.68. The molecule has 1 heterocycles. The molecule has 0 radical (unpaired) electrons. The zero-order valence-electron chi connectivity index (χ0n) is 14.0. The third-order valence-electron chi connectivity index (χ3n) is 4.46. The van der Waals surface area contributed by atoms with Crippen LogP contribution in [0.4, 0.5) is 0 Å². The molecule has 120 valence electrons. The predicted octanol–water partition coefficient (Wildman–Crippen LogP) is 3.51. The summed E-state index contributed by atoms with van der Waals surface area (Å²) in [5, 5.41) is 0. The average molecular weight is 301 g/mol. The molecular formula is C19H27NO2. The lowest BCUT2D eigenvalue weighted by Crippen LogP contribution is -2.40. The molecule has 0 saturated carbocycles. The lowest BCUT2D eigenvalue weighted by Gasteiger charge is -2.35. The van der Waals surface area contributed by atoms with Crippen molar-refractivity contribution < 1.29 is 9.59 Å². The number of rotatable bonds is 6. The van der Waals surface area contributed by atoms with Crippen LogP contribution in [0, 0.1) is 5.92 Å². The number of benzene rings is 1. The fourth-order valence-corrected chi connectivity index (χ4v) is 3.26. The van der Waals surface area contributed by atoms with E-state index in [0.717, 1.165) is 30.6 Å². The first-order chi connectivity index (χ1) is 10.5. The molecule has 3 heteroatoms. The van der Waals surface area contributed by atoms with E-state index in [-0.39, 0.29) is 11.6 Å². The van der Waals surface area contributed by atoms with E-state index in [0.29, 0.717) is 24.8 Å². The largest absolute Gasteiger partial charge is 0.301 e. The Hall–Kier alpha value is -1.48. The summed E-state index contributed by atoms with van der Waals surface area (Å²) >= 11 is 0. The second-order valence-corrected chi connectivity index (χ2v) is 6.80. The van der Waals surface area contributed by atoms with Gasteiger partial charge >= 0.3 is 0 Å². The molecule has 3 nitrogen and oxygen atoms in total. The maximum atomic E-state index is 12.5. The highest BCUT2D eigenvalue weighted by molar-refractivity contribution is 5.96. The summed E-state index contributed by atoms with van der Waals surface area (Å²) in [6.45, 7) is 8.19. The Bertz CT molecular complexity index is 536. The van der Waals surface area contributed by atoms with Crippen molar-refractivity contribution in [1.82, 2.24) is 4.90 Å². The van der Waals surface area contributed by atoms with E-state index in [1.165, 1.54) is 6.42 Å². The van der Waals surface area contributed by atoms with Crippen LogP contribution in [0.15, 0.2) is 24.3 Å². The van der Waals surface area contributed by atoms with Gasteiger partial charge in [0.25, 0.3) is 0 Å². The Morgan fingerprint density at radius 2 is 2.09 bits per heavy atom. The van der Waals surface area contributed by atoms with Crippen LogP contribution in [0.1, 0.15) is 56.0 Å². The van der Waals surface area contributed by atoms with Crippen molar-refractivity contribution >= 4 is 11.6 Å². The first-order valence-corrected chi connectivity index (χ1v) is 8.31. The van der Waals surface area contributed by atoms with Gasteiger partial charge in [-0.2, -0.15) is 0 Å². The average Bonchev–Trinajstić information content (AvgIpc) is 2.47. The lowest BCUT2D eigenvalue weighted by atomic mass is 9.90. The third-order valence-corrected chi connectivity index (χ3v) is 4.46. The molecule has 0 amide bonds. The number of ketones is 2. The van der Waals surface area contributed by atoms with Crippen molar-refractivity contribution in [3.63, 3.8) is 0 Å². The Morgan fingerprint density at radius 1 is 1.32 bits per heavy atom. The molecule has 0 aliphatic carbocycles. The molecule has 0 bridgehead atoms. The Kier molecular flexibility index (Phi) is 5.90. The highest BCUT2D eigenvalue weighted by atomic mass is 16.1. The molecule has 0 spiro atoms. The highest BCUT2D eigenvalue weighted by Crippen LogP contribution is 2.23. The number of hydrogen-bond donors (Lipinski definition) is 0. The topological polar surface area (TPSA) is 37.4 Å². The van der Waals surface area contributed by atoms with Crippen LogP contribution >= 0.6 is 0 Å². The van der Waals surface area contributed by atoms with Gasteiger partial charge in [-0.05, 0) is 57.7 Å². The summed E-state index contributed by atoms with van der Waals surface area (Å²) < 4.78 is 0. The number of carbonyl (C=O) groups is 2. The zero-order valence-corrected chi connectivity index (χ0v) is 14.0. The Balaban J connectivity index is 1.98. The maximum absolute atomic E-state index is 12.5. The first kappa shape index (κ1) is 16.9. The van der Waals surface area contributed by atoms with E-state index in [1.54, 1.807) is 6.92 Å². The fourth-order valence-electron chi connectivity index (χ4n) is 3.26. The van der Waals surface area contributed by atoms with Crippen LogP contribution < -0.4 is 0 Å². The number of hydrogen-bond acceptors (Lipinski definition) is 3. The van der Waals surface area contributed by atoms with E-state index >= 15 is 0 Å². The molecule has 0 unspecified atom stereocenters. The predicted molar refractivity (Wildman–Crippen MR) is 89.2 cm³/mol. The minimum Gasteiger partial charge on any atom is -0.301 e. The highest BCUT2D eigenvalue weighted by Gasteiger charge is 2.24. The summed E-state index contributed by atoms with van der Waals surface area (Å²) in [7, 11) is 0. The summed E-state index contributed by atoms with van der Waals surface area (Å²) in [6, 6.07) is 8.10. The summed E-state index contributed by atoms with van der Waals surface area (Å²) in [5.41, 5.74) is 1.69. The zero-order chi connectivity index (χ0) is 16.1. The molecule has 1 fully saturated rings. The van der Waals surface area contributed by atoms with Gasteiger partial charge in [-0.15, -0.1) is 0 Å². The minimum absolute atomic E-state index is 0.129. The monoisotopic (exact) mass is 301 g/mol. The van der Waals surface area contributed by atoms with Gasteiger partial charge in [0.15, 0.2) is 5.78 Å². The molecule has 1 aliphatic heterocycles. The van der Waals surface area contributed by atoms with E-state index < -0.39 is 0 Å². The SMILES string of the molecule is CC(=O)Cc1cccc(C(=O)C[C@@H]2CCCN(C(C)C)C2)c1. The smallest absolute Gasteiger partial charge is 0.163 e. The van der Waals surface area contributed by atoms with Gasteiger partial charge in [0.1, 0.15) is 5.78 Å². The van der Waals surface area contributed by atoms with Gasteiger partial charge < -0.3 is 4.90 Å². The van der Waals surface area contributed by atoms with Gasteiger partial charge in [-0.3, -0.25) is 9.59 Å². The second-order valence-electron chi connectivity index (χ2n) is 6.80. The molecule has 1 aromatic rings. The fraction of sp³-hybridized carbons (Fsp3) is 0.579. The van der Waals surface area contributed by atoms with Crippen LogP contribution in [0.25, 0.3) is 0 Å². The van der Waals surface area contributed by atoms with Gasteiger partial charge in [0.2, 0.25) is 0 Å². The Morgan fingerprint density at radius 3 is 2.77 bits per heavy atom. The van der Waals surface area contributed by atoms with Crippen molar-refractivity contribution in [1.29, 1.82) is 0 Å². The van der Waals surface area contributed by atoms with Crippen molar-refractivity contribution in [2.24, 2.45) is 5.92 Å². The molecule has 2 rings (SSSR count). The molecule has 0 aromatic heterocycles. The minimum atomic E-state index is 0.129. The molecule has 1 atom stereocenters. The molecule has 22 heavy (non-hydrogen) atoms. The molecule has 1 aliphatic rings. The van der Waals surface area contributed by atoms with Crippen molar-refractivity contribution in [2.45, 2.75) is 52.5 Å². The van der Waals surface area contributed by atoms with Crippen molar-refractivity contribution in [3.8, 4) is 0 Å². The number of nitrogens with zero attached hydrogens (tertiary/aromatic N) is 1. The Labute approximate surface area is 133 Å². The standard InChI is InChI=1S/C19H27NO2/c1-14(2)20-9-5-7-17(13-20)12-19(22)18-8-4-6-16(11-18)10-15(3)21/h4,6,8,11,14,17H,5,7,9-10,12-13H2,1-3H3/t17-/m0/s1. The first-order valence-electron chi connectivity index (χ1n) is 8.31. The van der Waals surface area contributed by atoms with Crippen molar-refractivity contribution in [3.05, 3.63) is 35.4 Å². The van der Waals surface area contributed by atoms with E-state index in [1.807, 2.05) is 24.3 Å². The van der Waals surface area contributed by atoms with Gasteiger partial charge in [0.05, 0.1) is 0 Å². The van der Waals surface area contributed by atoms with E-state index in [2.05, 4.69) is 18.7 Å². The van der Waals surface area contributed by atoms with E-state index in [9.17, 15) is 9.59 Å². The molecule has 0 N–H and O–H groups in total. The number of piperidine rings is 1. The summed E-state index contributed by atoms with van der Waals surface area (Å²) in [6.07, 6.45) is 3.35.